The van der Waals surface area contributed by atoms with Gasteiger partial charge in [0.1, 0.15) is 0 Å². The van der Waals surface area contributed by atoms with Crippen LogP contribution in [0.1, 0.15) is 24.6 Å². The molecular weight excluding hydrogens is 250 g/mol. The van der Waals surface area contributed by atoms with Gasteiger partial charge in [-0.1, -0.05) is 6.07 Å². The van der Waals surface area contributed by atoms with Crippen molar-refractivity contribution in [2.45, 2.75) is 19.8 Å². The molecule has 98 valence electrons. The zero-order chi connectivity index (χ0) is 13.2. The van der Waals surface area contributed by atoms with Crippen LogP contribution in [0, 0.1) is 0 Å². The summed E-state index contributed by atoms with van der Waals surface area (Å²) < 4.78 is 4.78. The number of amides is 1. The predicted octanol–water partition coefficient (Wildman–Crippen LogP) is 2.22. The molecule has 1 aromatic rings. The fraction of sp³-hybridized carbons (Fsp3) is 0.385. The number of rotatable bonds is 7. The van der Waals surface area contributed by atoms with Gasteiger partial charge in [-0.3, -0.25) is 9.59 Å². The molecule has 0 saturated heterocycles. The minimum absolute atomic E-state index is 0.146. The Bertz CT molecular complexity index is 398. The topological polar surface area (TPSA) is 55.4 Å². The average molecular weight is 267 g/mol. The molecule has 0 fully saturated rings. The van der Waals surface area contributed by atoms with Gasteiger partial charge in [0.15, 0.2) is 0 Å². The fourth-order valence-electron chi connectivity index (χ4n) is 1.28. The monoisotopic (exact) mass is 267 g/mol. The Hall–Kier alpha value is -1.62. The lowest BCUT2D eigenvalue weighted by molar-refractivity contribution is -0.143. The van der Waals surface area contributed by atoms with Gasteiger partial charge in [0, 0.05) is 23.9 Å². The van der Waals surface area contributed by atoms with Crippen molar-refractivity contribution in [1.29, 1.82) is 0 Å². The molecule has 0 aliphatic rings. The van der Waals surface area contributed by atoms with Crippen LogP contribution in [-0.4, -0.2) is 25.0 Å². The van der Waals surface area contributed by atoms with Crippen molar-refractivity contribution >= 4 is 29.3 Å². The van der Waals surface area contributed by atoms with Crippen molar-refractivity contribution in [2.75, 3.05) is 13.2 Å². The summed E-state index contributed by atoms with van der Waals surface area (Å²) in [4.78, 5) is 23.5. The van der Waals surface area contributed by atoms with Gasteiger partial charge in [0.05, 0.1) is 6.61 Å². The summed E-state index contributed by atoms with van der Waals surface area (Å²) in [6, 6.07) is 3.87. The number of carbonyl (C=O) groups is 2. The highest BCUT2D eigenvalue weighted by atomic mass is 32.1. The van der Waals surface area contributed by atoms with E-state index < -0.39 is 0 Å². The molecule has 0 bridgehead atoms. The maximum Gasteiger partial charge on any atom is 0.305 e. The van der Waals surface area contributed by atoms with Crippen LogP contribution in [0.2, 0.25) is 0 Å². The Balaban J connectivity index is 2.12. The van der Waals surface area contributed by atoms with E-state index in [0.29, 0.717) is 26.0 Å². The zero-order valence-corrected chi connectivity index (χ0v) is 11.2. The van der Waals surface area contributed by atoms with Gasteiger partial charge in [-0.15, -0.1) is 11.3 Å². The Labute approximate surface area is 111 Å². The molecule has 1 aromatic heterocycles. The number of nitrogens with one attached hydrogen (secondary N) is 1. The van der Waals surface area contributed by atoms with Crippen molar-refractivity contribution in [3.05, 3.63) is 28.5 Å². The number of hydrogen-bond acceptors (Lipinski definition) is 4. The zero-order valence-electron chi connectivity index (χ0n) is 10.3. The summed E-state index contributed by atoms with van der Waals surface area (Å²) in [5.41, 5.74) is 0. The maximum atomic E-state index is 11.4. The quantitative estimate of drug-likeness (QED) is 0.468. The first kappa shape index (κ1) is 14.4. The molecule has 1 heterocycles. The van der Waals surface area contributed by atoms with E-state index >= 15 is 0 Å². The molecule has 0 aromatic carbocycles. The molecular formula is C13H17NO3S. The van der Waals surface area contributed by atoms with Crippen LogP contribution in [0.15, 0.2) is 23.6 Å². The van der Waals surface area contributed by atoms with Crippen LogP contribution in [0.5, 0.6) is 0 Å². The van der Waals surface area contributed by atoms with E-state index in [9.17, 15) is 9.59 Å². The minimum Gasteiger partial charge on any atom is -0.466 e. The lowest BCUT2D eigenvalue weighted by atomic mass is 10.3. The first-order valence-corrected chi connectivity index (χ1v) is 6.75. The summed E-state index contributed by atoms with van der Waals surface area (Å²) in [5, 5.41) is 4.67. The number of esters is 1. The van der Waals surface area contributed by atoms with Crippen LogP contribution < -0.4 is 5.32 Å². The molecule has 0 spiro atoms. The summed E-state index contributed by atoms with van der Waals surface area (Å²) >= 11 is 1.57. The van der Waals surface area contributed by atoms with Crippen molar-refractivity contribution in [3.8, 4) is 0 Å². The van der Waals surface area contributed by atoms with Gasteiger partial charge < -0.3 is 10.1 Å². The second-order valence-corrected chi connectivity index (χ2v) is 4.53. The van der Waals surface area contributed by atoms with Crippen LogP contribution in [-0.2, 0) is 14.3 Å². The summed E-state index contributed by atoms with van der Waals surface area (Å²) in [6.45, 7) is 2.65. The van der Waals surface area contributed by atoms with Crippen LogP contribution in [0.4, 0.5) is 0 Å². The van der Waals surface area contributed by atoms with E-state index in [1.807, 2.05) is 17.5 Å². The molecule has 5 heteroatoms. The molecule has 0 saturated carbocycles. The standard InChI is InChI=1S/C13H17NO3S/c1-2-17-13(16)6-3-9-14-12(15)8-7-11-5-4-10-18-11/h4-5,7-8,10H,2-3,6,9H2,1H3,(H,14,15)/b8-7+. The van der Waals surface area contributed by atoms with Crippen molar-refractivity contribution in [3.63, 3.8) is 0 Å². The Kier molecular flexibility index (Phi) is 6.79. The Morgan fingerprint density at radius 2 is 2.33 bits per heavy atom. The summed E-state index contributed by atoms with van der Waals surface area (Å²) in [5.74, 6) is -0.367. The first-order chi connectivity index (χ1) is 8.72. The molecule has 0 radical (unpaired) electrons. The van der Waals surface area contributed by atoms with E-state index in [1.165, 1.54) is 6.08 Å². The number of hydrogen-bond donors (Lipinski definition) is 1. The van der Waals surface area contributed by atoms with Gasteiger partial charge in [-0.05, 0) is 30.9 Å². The van der Waals surface area contributed by atoms with E-state index in [-0.39, 0.29) is 11.9 Å². The molecule has 1 rings (SSSR count). The number of thiophene rings is 1. The van der Waals surface area contributed by atoms with E-state index in [2.05, 4.69) is 5.32 Å². The molecule has 4 nitrogen and oxygen atoms in total. The lowest BCUT2D eigenvalue weighted by Crippen LogP contribution is -2.22. The average Bonchev–Trinajstić information content (AvgIpc) is 2.85. The number of carbonyl (C=O) groups excluding carboxylic acids is 2. The van der Waals surface area contributed by atoms with Gasteiger partial charge >= 0.3 is 5.97 Å². The SMILES string of the molecule is CCOC(=O)CCCNC(=O)/C=C/c1cccs1. The third kappa shape index (κ3) is 6.20. The third-order valence-electron chi connectivity index (χ3n) is 2.10. The lowest BCUT2D eigenvalue weighted by Gasteiger charge is -2.02. The second kappa shape index (κ2) is 8.47. The van der Waals surface area contributed by atoms with E-state index in [1.54, 1.807) is 24.3 Å². The maximum absolute atomic E-state index is 11.4. The molecule has 18 heavy (non-hydrogen) atoms. The van der Waals surface area contributed by atoms with Gasteiger partial charge in [-0.2, -0.15) is 0 Å². The smallest absolute Gasteiger partial charge is 0.305 e. The molecule has 0 aliphatic heterocycles. The van der Waals surface area contributed by atoms with Crippen molar-refractivity contribution < 1.29 is 14.3 Å². The molecule has 0 atom stereocenters. The number of ether oxygens (including phenoxy) is 1. The predicted molar refractivity (Wildman–Crippen MR) is 72.2 cm³/mol. The van der Waals surface area contributed by atoms with Gasteiger partial charge in [0.2, 0.25) is 5.91 Å². The highest BCUT2D eigenvalue weighted by molar-refractivity contribution is 7.10. The largest absolute Gasteiger partial charge is 0.466 e. The van der Waals surface area contributed by atoms with Crippen LogP contribution in [0.3, 0.4) is 0 Å². The molecule has 1 N–H and O–H groups in total. The highest BCUT2D eigenvalue weighted by Gasteiger charge is 2.01. The normalized spacial score (nSPS) is 10.5. The van der Waals surface area contributed by atoms with Gasteiger partial charge in [0.25, 0.3) is 0 Å². The van der Waals surface area contributed by atoms with Crippen molar-refractivity contribution in [2.24, 2.45) is 0 Å². The third-order valence-corrected chi connectivity index (χ3v) is 2.94. The Morgan fingerprint density at radius 3 is 3.00 bits per heavy atom. The second-order valence-electron chi connectivity index (χ2n) is 3.55. The van der Waals surface area contributed by atoms with E-state index in [0.717, 1.165) is 4.88 Å². The highest BCUT2D eigenvalue weighted by Crippen LogP contribution is 2.09. The molecule has 0 aliphatic carbocycles. The molecule has 1 amide bonds. The first-order valence-electron chi connectivity index (χ1n) is 5.87. The minimum atomic E-state index is -0.221. The summed E-state index contributed by atoms with van der Waals surface area (Å²) in [6.07, 6.45) is 4.20. The van der Waals surface area contributed by atoms with Gasteiger partial charge in [-0.25, -0.2) is 0 Å². The van der Waals surface area contributed by atoms with Crippen LogP contribution >= 0.6 is 11.3 Å². The van der Waals surface area contributed by atoms with Crippen LogP contribution in [0.25, 0.3) is 6.08 Å². The summed E-state index contributed by atoms with van der Waals surface area (Å²) in [7, 11) is 0. The fourth-order valence-corrected chi connectivity index (χ4v) is 1.90. The van der Waals surface area contributed by atoms with E-state index in [4.69, 9.17) is 4.74 Å². The molecule has 0 unspecified atom stereocenters. The Morgan fingerprint density at radius 1 is 1.50 bits per heavy atom. The van der Waals surface area contributed by atoms with Crippen molar-refractivity contribution in [1.82, 2.24) is 5.32 Å².